The topological polar surface area (TPSA) is 54.3 Å². The number of amides is 2. The Labute approximate surface area is 111 Å². The molecule has 4 nitrogen and oxygen atoms in total. The normalized spacial score (nSPS) is 10.2. The van der Waals surface area contributed by atoms with E-state index in [1.165, 1.54) is 0 Å². The van der Waals surface area contributed by atoms with Gasteiger partial charge in [-0.25, -0.2) is 4.79 Å². The first-order valence-corrected chi connectivity index (χ1v) is 6.67. The number of thiophene rings is 1. The third kappa shape index (κ3) is 3.90. The van der Waals surface area contributed by atoms with Crippen molar-refractivity contribution in [2.45, 2.75) is 13.1 Å². The van der Waals surface area contributed by atoms with Crippen molar-refractivity contribution in [3.63, 3.8) is 0 Å². The van der Waals surface area contributed by atoms with E-state index in [4.69, 9.17) is 4.42 Å². The zero-order chi connectivity index (χ0) is 12.1. The van der Waals surface area contributed by atoms with Crippen LogP contribution in [0.3, 0.4) is 0 Å². The minimum absolute atomic E-state index is 0.185. The van der Waals surface area contributed by atoms with E-state index in [-0.39, 0.29) is 6.03 Å². The molecular formula is C11H11BrN2O2S. The van der Waals surface area contributed by atoms with Crippen LogP contribution < -0.4 is 10.6 Å². The second kappa shape index (κ2) is 5.88. The molecule has 0 radical (unpaired) electrons. The van der Waals surface area contributed by atoms with Crippen LogP contribution in [0.15, 0.2) is 38.9 Å². The maximum Gasteiger partial charge on any atom is 0.315 e. The van der Waals surface area contributed by atoms with Crippen molar-refractivity contribution in [2.24, 2.45) is 0 Å². The van der Waals surface area contributed by atoms with Crippen LogP contribution in [0.4, 0.5) is 4.79 Å². The van der Waals surface area contributed by atoms with Gasteiger partial charge in [0.2, 0.25) is 0 Å². The highest BCUT2D eigenvalue weighted by Gasteiger charge is 2.02. The van der Waals surface area contributed by atoms with Gasteiger partial charge in [0.25, 0.3) is 0 Å². The van der Waals surface area contributed by atoms with Gasteiger partial charge in [0.15, 0.2) is 0 Å². The smallest absolute Gasteiger partial charge is 0.315 e. The molecule has 2 amide bonds. The second-order valence-electron chi connectivity index (χ2n) is 3.40. The first-order chi connectivity index (χ1) is 8.24. The summed E-state index contributed by atoms with van der Waals surface area (Å²) in [7, 11) is 0. The summed E-state index contributed by atoms with van der Waals surface area (Å²) >= 11 is 4.97. The zero-order valence-electron chi connectivity index (χ0n) is 8.90. The molecule has 17 heavy (non-hydrogen) atoms. The second-order valence-corrected chi connectivity index (χ2v) is 5.31. The Morgan fingerprint density at radius 1 is 1.41 bits per heavy atom. The largest absolute Gasteiger partial charge is 0.472 e. The molecule has 0 aromatic carbocycles. The van der Waals surface area contributed by atoms with Crippen LogP contribution in [0.5, 0.6) is 0 Å². The fourth-order valence-electron chi connectivity index (χ4n) is 1.25. The van der Waals surface area contributed by atoms with Crippen LogP contribution in [-0.4, -0.2) is 6.03 Å². The molecule has 2 rings (SSSR count). The average molecular weight is 315 g/mol. The highest BCUT2D eigenvalue weighted by molar-refractivity contribution is 9.10. The van der Waals surface area contributed by atoms with E-state index >= 15 is 0 Å². The Morgan fingerprint density at radius 3 is 2.88 bits per heavy atom. The van der Waals surface area contributed by atoms with Gasteiger partial charge in [-0.3, -0.25) is 0 Å². The SMILES string of the molecule is O=C(NCc1ccoc1)NCc1cc(Br)cs1. The summed E-state index contributed by atoms with van der Waals surface area (Å²) in [6, 6.07) is 3.62. The zero-order valence-corrected chi connectivity index (χ0v) is 11.3. The van der Waals surface area contributed by atoms with Crippen molar-refractivity contribution >= 4 is 33.3 Å². The van der Waals surface area contributed by atoms with Gasteiger partial charge >= 0.3 is 6.03 Å². The predicted molar refractivity (Wildman–Crippen MR) is 69.8 cm³/mol. The summed E-state index contributed by atoms with van der Waals surface area (Å²) in [6.45, 7) is 1.00. The highest BCUT2D eigenvalue weighted by atomic mass is 79.9. The molecule has 2 aromatic rings. The van der Waals surface area contributed by atoms with Crippen LogP contribution in [0, 0.1) is 0 Å². The number of furan rings is 1. The minimum Gasteiger partial charge on any atom is -0.472 e. The summed E-state index contributed by atoms with van der Waals surface area (Å²) in [5, 5.41) is 7.52. The van der Waals surface area contributed by atoms with E-state index in [1.54, 1.807) is 23.9 Å². The molecule has 0 aliphatic heterocycles. The van der Waals surface area contributed by atoms with Crippen molar-refractivity contribution in [1.29, 1.82) is 0 Å². The van der Waals surface area contributed by atoms with Gasteiger partial charge < -0.3 is 15.1 Å². The Morgan fingerprint density at radius 2 is 2.24 bits per heavy atom. The first kappa shape index (κ1) is 12.2. The van der Waals surface area contributed by atoms with E-state index in [0.29, 0.717) is 13.1 Å². The quantitative estimate of drug-likeness (QED) is 0.911. The average Bonchev–Trinajstić information content (AvgIpc) is 2.95. The molecule has 90 valence electrons. The molecule has 0 bridgehead atoms. The van der Waals surface area contributed by atoms with Gasteiger partial charge in [-0.1, -0.05) is 0 Å². The van der Waals surface area contributed by atoms with Crippen molar-refractivity contribution in [3.8, 4) is 0 Å². The van der Waals surface area contributed by atoms with Crippen LogP contribution in [0.2, 0.25) is 0 Å². The minimum atomic E-state index is -0.185. The molecule has 0 atom stereocenters. The lowest BCUT2D eigenvalue weighted by Gasteiger charge is -2.04. The number of halogens is 1. The van der Waals surface area contributed by atoms with E-state index < -0.39 is 0 Å². The summed E-state index contributed by atoms with van der Waals surface area (Å²) in [6.07, 6.45) is 3.19. The van der Waals surface area contributed by atoms with E-state index in [1.807, 2.05) is 17.5 Å². The van der Waals surface area contributed by atoms with Gasteiger partial charge in [-0.05, 0) is 28.1 Å². The van der Waals surface area contributed by atoms with Crippen LogP contribution >= 0.6 is 27.3 Å². The molecule has 0 saturated heterocycles. The lowest BCUT2D eigenvalue weighted by molar-refractivity contribution is 0.240. The summed E-state index contributed by atoms with van der Waals surface area (Å²) in [5.74, 6) is 0. The summed E-state index contributed by atoms with van der Waals surface area (Å²) in [4.78, 5) is 12.6. The predicted octanol–water partition coefficient (Wildman–Crippen LogP) is 3.10. The Bertz CT molecular complexity index is 481. The Balaban J connectivity index is 1.71. The van der Waals surface area contributed by atoms with Gasteiger partial charge in [-0.15, -0.1) is 11.3 Å². The van der Waals surface area contributed by atoms with Gasteiger partial charge in [0.1, 0.15) is 0 Å². The van der Waals surface area contributed by atoms with Crippen molar-refractivity contribution in [3.05, 3.63) is 45.0 Å². The molecule has 0 saturated carbocycles. The van der Waals surface area contributed by atoms with E-state index in [2.05, 4.69) is 26.6 Å². The molecular weight excluding hydrogens is 304 g/mol. The summed E-state index contributed by atoms with van der Waals surface area (Å²) in [5.41, 5.74) is 0.944. The van der Waals surface area contributed by atoms with Crippen LogP contribution in [-0.2, 0) is 13.1 Å². The molecule has 0 unspecified atom stereocenters. The number of carbonyl (C=O) groups excluding carboxylic acids is 1. The number of rotatable bonds is 4. The molecule has 2 aromatic heterocycles. The number of urea groups is 1. The highest BCUT2D eigenvalue weighted by Crippen LogP contribution is 2.19. The molecule has 2 heterocycles. The lowest BCUT2D eigenvalue weighted by Crippen LogP contribution is -2.34. The van der Waals surface area contributed by atoms with E-state index in [9.17, 15) is 4.79 Å². The van der Waals surface area contributed by atoms with Gasteiger partial charge in [0, 0.05) is 26.8 Å². The van der Waals surface area contributed by atoms with Gasteiger partial charge in [-0.2, -0.15) is 0 Å². The standard InChI is InChI=1S/C11H11BrN2O2S/c12-9-3-10(17-7-9)5-14-11(15)13-4-8-1-2-16-6-8/h1-3,6-7H,4-5H2,(H2,13,14,15). The molecule has 0 aliphatic rings. The third-order valence-corrected chi connectivity index (χ3v) is 3.78. The maximum atomic E-state index is 11.5. The Hall–Kier alpha value is -1.27. The monoisotopic (exact) mass is 314 g/mol. The first-order valence-electron chi connectivity index (χ1n) is 5.00. The van der Waals surface area contributed by atoms with Crippen molar-refractivity contribution < 1.29 is 9.21 Å². The summed E-state index contributed by atoms with van der Waals surface area (Å²) < 4.78 is 5.94. The van der Waals surface area contributed by atoms with Crippen molar-refractivity contribution in [2.75, 3.05) is 0 Å². The molecule has 0 aliphatic carbocycles. The van der Waals surface area contributed by atoms with Gasteiger partial charge in [0.05, 0.1) is 19.1 Å². The van der Waals surface area contributed by atoms with Crippen LogP contribution in [0.25, 0.3) is 0 Å². The number of hydrogen-bond donors (Lipinski definition) is 2. The lowest BCUT2D eigenvalue weighted by atomic mass is 10.3. The number of carbonyl (C=O) groups is 1. The van der Waals surface area contributed by atoms with Crippen LogP contribution in [0.1, 0.15) is 10.4 Å². The number of nitrogens with one attached hydrogen (secondary N) is 2. The van der Waals surface area contributed by atoms with E-state index in [0.717, 1.165) is 14.9 Å². The number of hydrogen-bond acceptors (Lipinski definition) is 3. The Kier molecular flexibility index (Phi) is 4.22. The molecule has 0 fully saturated rings. The molecule has 2 N–H and O–H groups in total. The van der Waals surface area contributed by atoms with Crippen molar-refractivity contribution in [1.82, 2.24) is 10.6 Å². The fourth-order valence-corrected chi connectivity index (χ4v) is 2.64. The molecule has 6 heteroatoms. The molecule has 0 spiro atoms. The maximum absolute atomic E-state index is 11.5. The fraction of sp³-hybridized carbons (Fsp3) is 0.182. The third-order valence-electron chi connectivity index (χ3n) is 2.08.